The highest BCUT2D eigenvalue weighted by molar-refractivity contribution is 6.42. The van der Waals surface area contributed by atoms with E-state index >= 15 is 0 Å². The number of carbonyl (C=O) groups is 1. The maximum Gasteiger partial charge on any atom is 0.224 e. The summed E-state index contributed by atoms with van der Waals surface area (Å²) in [5.41, 5.74) is 3.64. The van der Waals surface area contributed by atoms with Crippen LogP contribution in [0.5, 0.6) is 0 Å². The molecule has 0 aromatic heterocycles. The van der Waals surface area contributed by atoms with E-state index in [-0.39, 0.29) is 11.8 Å². The van der Waals surface area contributed by atoms with Crippen molar-refractivity contribution in [2.24, 2.45) is 11.8 Å². The van der Waals surface area contributed by atoms with Gasteiger partial charge in [-0.1, -0.05) is 60.5 Å². The first kappa shape index (κ1) is 24.5. The number of hydrogen-bond acceptors (Lipinski definition) is 3. The Morgan fingerprint density at radius 2 is 1.52 bits per heavy atom. The number of likely N-dealkylation sites (tertiary alicyclic amines) is 2. The number of rotatable bonds is 7. The molecule has 2 atom stereocenters. The lowest BCUT2D eigenvalue weighted by Crippen LogP contribution is -2.42. The summed E-state index contributed by atoms with van der Waals surface area (Å²) in [5, 5.41) is 4.32. The number of carbonyl (C=O) groups excluding carboxylic acids is 1. The summed E-state index contributed by atoms with van der Waals surface area (Å²) in [5.74, 6) is 0.982. The smallest absolute Gasteiger partial charge is 0.224 e. The summed E-state index contributed by atoms with van der Waals surface area (Å²) in [6.07, 6.45) is 4.63. The molecule has 2 heterocycles. The van der Waals surface area contributed by atoms with Crippen molar-refractivity contribution < 1.29 is 4.79 Å². The van der Waals surface area contributed by atoms with Crippen molar-refractivity contribution in [3.63, 3.8) is 0 Å². The Balaban J connectivity index is 1.23. The van der Waals surface area contributed by atoms with Crippen LogP contribution in [0.3, 0.4) is 0 Å². The summed E-state index contributed by atoms with van der Waals surface area (Å²) in [4.78, 5) is 17.7. The zero-order chi connectivity index (χ0) is 23.2. The molecule has 2 aliphatic heterocycles. The zero-order valence-electron chi connectivity index (χ0n) is 19.5. The predicted octanol–water partition coefficient (Wildman–Crippen LogP) is 5.75. The van der Waals surface area contributed by atoms with Gasteiger partial charge in [0.05, 0.1) is 16.0 Å². The lowest BCUT2D eigenvalue weighted by atomic mass is 9.96. The van der Waals surface area contributed by atoms with E-state index in [1.54, 1.807) is 0 Å². The fraction of sp³-hybridized carbons (Fsp3) is 0.519. The van der Waals surface area contributed by atoms with Crippen LogP contribution in [0.4, 0.5) is 0 Å². The standard InChI is InChI=1S/C27H35Cl2N3O/c1-20-4-2-12-31(16-20)17-22-8-6-21(7-9-22)15-30-27(33)24-5-3-13-32(19-24)18-23-10-11-25(28)26(29)14-23/h6-11,14,20,24H,2-5,12-13,15-19H2,1H3,(H,30,33). The third-order valence-electron chi connectivity index (χ3n) is 6.90. The van der Waals surface area contributed by atoms with Gasteiger partial charge in [-0.05, 0) is 73.5 Å². The largest absolute Gasteiger partial charge is 0.352 e. The first-order valence-corrected chi connectivity index (χ1v) is 13.0. The number of nitrogens with one attached hydrogen (secondary N) is 1. The molecule has 6 heteroatoms. The molecule has 0 spiro atoms. The molecule has 4 rings (SSSR count). The Morgan fingerprint density at radius 3 is 2.24 bits per heavy atom. The van der Waals surface area contributed by atoms with Crippen molar-refractivity contribution in [3.8, 4) is 0 Å². The number of halogens is 2. The first-order chi connectivity index (χ1) is 16.0. The van der Waals surface area contributed by atoms with Gasteiger partial charge in [-0.3, -0.25) is 14.6 Å². The van der Waals surface area contributed by atoms with E-state index in [1.165, 1.54) is 31.5 Å². The average Bonchev–Trinajstić information content (AvgIpc) is 2.81. The van der Waals surface area contributed by atoms with E-state index in [9.17, 15) is 4.79 Å². The van der Waals surface area contributed by atoms with Crippen LogP contribution < -0.4 is 5.32 Å². The van der Waals surface area contributed by atoms with Gasteiger partial charge in [-0.15, -0.1) is 0 Å². The third-order valence-corrected chi connectivity index (χ3v) is 7.64. The fourth-order valence-electron chi connectivity index (χ4n) is 5.09. The Kier molecular flexibility index (Phi) is 8.70. The van der Waals surface area contributed by atoms with Crippen molar-refractivity contribution in [3.05, 3.63) is 69.2 Å². The number of benzene rings is 2. The molecule has 1 N–H and O–H groups in total. The first-order valence-electron chi connectivity index (χ1n) is 12.2. The van der Waals surface area contributed by atoms with E-state index in [0.717, 1.165) is 56.1 Å². The maximum atomic E-state index is 12.8. The highest BCUT2D eigenvalue weighted by Crippen LogP contribution is 2.25. The van der Waals surface area contributed by atoms with Gasteiger partial charge in [-0.2, -0.15) is 0 Å². The Bertz CT molecular complexity index is 933. The Hall–Kier alpha value is -1.59. The number of amides is 1. The SMILES string of the molecule is CC1CCCN(Cc2ccc(CNC(=O)C3CCCN(Cc4ccc(Cl)c(Cl)c4)C3)cc2)C1. The summed E-state index contributed by atoms with van der Waals surface area (Å²) < 4.78 is 0. The van der Waals surface area contributed by atoms with E-state index in [0.29, 0.717) is 16.6 Å². The van der Waals surface area contributed by atoms with Crippen LogP contribution in [0.25, 0.3) is 0 Å². The molecule has 0 radical (unpaired) electrons. The van der Waals surface area contributed by atoms with Gasteiger partial charge < -0.3 is 5.32 Å². The average molecular weight is 489 g/mol. The summed E-state index contributed by atoms with van der Waals surface area (Å²) in [6.45, 7) is 8.92. The molecule has 2 aromatic carbocycles. The second kappa shape index (κ2) is 11.7. The van der Waals surface area contributed by atoms with Gasteiger partial charge in [-0.25, -0.2) is 0 Å². The number of piperidine rings is 2. The van der Waals surface area contributed by atoms with Crippen LogP contribution in [0.1, 0.15) is 49.3 Å². The second-order valence-electron chi connectivity index (χ2n) is 9.84. The van der Waals surface area contributed by atoms with Crippen molar-refractivity contribution in [1.82, 2.24) is 15.1 Å². The molecule has 0 saturated carbocycles. The number of hydrogen-bond donors (Lipinski definition) is 1. The molecule has 178 valence electrons. The molecular formula is C27H35Cl2N3O. The highest BCUT2D eigenvalue weighted by atomic mass is 35.5. The molecule has 0 bridgehead atoms. The molecule has 2 saturated heterocycles. The van der Waals surface area contributed by atoms with Crippen LogP contribution in [0.15, 0.2) is 42.5 Å². The topological polar surface area (TPSA) is 35.6 Å². The molecule has 33 heavy (non-hydrogen) atoms. The molecule has 2 unspecified atom stereocenters. The maximum absolute atomic E-state index is 12.8. The lowest BCUT2D eigenvalue weighted by molar-refractivity contribution is -0.126. The van der Waals surface area contributed by atoms with Gasteiger partial charge in [0.15, 0.2) is 0 Å². The normalized spacial score (nSPS) is 22.3. The molecule has 1 amide bonds. The van der Waals surface area contributed by atoms with Crippen LogP contribution in [-0.4, -0.2) is 41.9 Å². The van der Waals surface area contributed by atoms with Crippen molar-refractivity contribution in [1.29, 1.82) is 0 Å². The van der Waals surface area contributed by atoms with Gasteiger partial charge in [0.25, 0.3) is 0 Å². The fourth-order valence-corrected chi connectivity index (χ4v) is 5.41. The monoisotopic (exact) mass is 487 g/mol. The van der Waals surface area contributed by atoms with E-state index in [1.807, 2.05) is 18.2 Å². The minimum absolute atomic E-state index is 0.0295. The Morgan fingerprint density at radius 1 is 0.879 bits per heavy atom. The van der Waals surface area contributed by atoms with Gasteiger partial charge in [0, 0.05) is 32.7 Å². The van der Waals surface area contributed by atoms with Crippen molar-refractivity contribution >= 4 is 29.1 Å². The third kappa shape index (κ3) is 7.19. The molecule has 2 fully saturated rings. The summed E-state index contributed by atoms with van der Waals surface area (Å²) in [7, 11) is 0. The van der Waals surface area contributed by atoms with Crippen LogP contribution in [0, 0.1) is 11.8 Å². The Labute approximate surface area is 208 Å². The molecule has 0 aliphatic carbocycles. The highest BCUT2D eigenvalue weighted by Gasteiger charge is 2.25. The predicted molar refractivity (Wildman–Crippen MR) is 136 cm³/mol. The van der Waals surface area contributed by atoms with Gasteiger partial charge in [0.2, 0.25) is 5.91 Å². The minimum atomic E-state index is 0.0295. The molecule has 4 nitrogen and oxygen atoms in total. The van der Waals surface area contributed by atoms with E-state index < -0.39 is 0 Å². The van der Waals surface area contributed by atoms with E-state index in [2.05, 4.69) is 46.3 Å². The van der Waals surface area contributed by atoms with Crippen molar-refractivity contribution in [2.45, 2.75) is 52.2 Å². The van der Waals surface area contributed by atoms with Crippen molar-refractivity contribution in [2.75, 3.05) is 26.2 Å². The molecular weight excluding hydrogens is 453 g/mol. The van der Waals surface area contributed by atoms with Gasteiger partial charge in [0.1, 0.15) is 0 Å². The van der Waals surface area contributed by atoms with Crippen LogP contribution in [0.2, 0.25) is 10.0 Å². The quantitative estimate of drug-likeness (QED) is 0.539. The zero-order valence-corrected chi connectivity index (χ0v) is 21.0. The molecule has 2 aromatic rings. The minimum Gasteiger partial charge on any atom is -0.352 e. The second-order valence-corrected chi connectivity index (χ2v) is 10.7. The van der Waals surface area contributed by atoms with Gasteiger partial charge >= 0.3 is 0 Å². The lowest BCUT2D eigenvalue weighted by Gasteiger charge is -2.32. The molecule has 2 aliphatic rings. The van der Waals surface area contributed by atoms with E-state index in [4.69, 9.17) is 23.2 Å². The summed E-state index contributed by atoms with van der Waals surface area (Å²) in [6, 6.07) is 14.5. The number of nitrogens with zero attached hydrogens (tertiary/aromatic N) is 2. The van der Waals surface area contributed by atoms with Crippen LogP contribution in [-0.2, 0) is 24.4 Å². The summed E-state index contributed by atoms with van der Waals surface area (Å²) >= 11 is 12.2. The van der Waals surface area contributed by atoms with Crippen LogP contribution >= 0.6 is 23.2 Å².